The molecule has 0 fully saturated rings. The summed E-state index contributed by atoms with van der Waals surface area (Å²) in [5, 5.41) is 3.58. The highest BCUT2D eigenvalue weighted by Crippen LogP contribution is 2.18. The van der Waals surface area contributed by atoms with Crippen LogP contribution in [0.15, 0.2) is 36.0 Å². The fraction of sp³-hybridized carbons (Fsp3) is 0.471. The lowest BCUT2D eigenvalue weighted by Gasteiger charge is -2.25. The van der Waals surface area contributed by atoms with Gasteiger partial charge in [-0.05, 0) is 63.8 Å². The Hall–Kier alpha value is -1.26. The van der Waals surface area contributed by atoms with Crippen molar-refractivity contribution in [2.45, 2.75) is 39.2 Å². The Labute approximate surface area is 130 Å². The van der Waals surface area contributed by atoms with Crippen LogP contribution in [0.2, 0.25) is 0 Å². The summed E-state index contributed by atoms with van der Waals surface area (Å²) >= 11 is 1.70. The van der Waals surface area contributed by atoms with Crippen LogP contribution in [0.1, 0.15) is 31.2 Å². The van der Waals surface area contributed by atoms with Gasteiger partial charge < -0.3 is 5.32 Å². The molecule has 0 spiro atoms. The third-order valence-corrected chi connectivity index (χ3v) is 4.13. The zero-order valence-electron chi connectivity index (χ0n) is 12.9. The summed E-state index contributed by atoms with van der Waals surface area (Å²) in [6, 6.07) is 6.84. The Balaban J connectivity index is 2.01. The summed E-state index contributed by atoms with van der Waals surface area (Å²) in [7, 11) is 0. The van der Waals surface area contributed by atoms with Gasteiger partial charge in [0.15, 0.2) is 0 Å². The third kappa shape index (κ3) is 5.94. The monoisotopic (exact) mass is 306 g/mol. The molecular formula is C17H23FN2S. The summed E-state index contributed by atoms with van der Waals surface area (Å²) in [6.45, 7) is 7.47. The molecule has 1 N–H and O–H groups in total. The van der Waals surface area contributed by atoms with E-state index >= 15 is 0 Å². The molecule has 4 heteroatoms. The summed E-state index contributed by atoms with van der Waals surface area (Å²) in [5.41, 5.74) is 3.16. The number of hydrogen-bond donors (Lipinski definition) is 1. The van der Waals surface area contributed by atoms with Crippen molar-refractivity contribution in [2.24, 2.45) is 5.92 Å². The Morgan fingerprint density at radius 3 is 2.48 bits per heavy atom. The molecular weight excluding hydrogens is 283 g/mol. The van der Waals surface area contributed by atoms with Crippen molar-refractivity contribution < 1.29 is 4.39 Å². The van der Waals surface area contributed by atoms with Crippen LogP contribution in [0.3, 0.4) is 0 Å². The predicted molar refractivity (Wildman–Crippen MR) is 87.2 cm³/mol. The standard InChI is InChI=1S/C17H23FN2S/c1-17(2,3)20-10-14(9-16-11-19-12-21-16)8-13-4-6-15(18)7-5-13/h4-7,11-12,14,20H,8-10H2,1-3H3. The molecule has 114 valence electrons. The second-order valence-electron chi connectivity index (χ2n) is 6.50. The van der Waals surface area contributed by atoms with E-state index < -0.39 is 0 Å². The van der Waals surface area contributed by atoms with Gasteiger partial charge in [-0.25, -0.2) is 4.39 Å². The zero-order valence-corrected chi connectivity index (χ0v) is 13.7. The highest BCUT2D eigenvalue weighted by molar-refractivity contribution is 7.09. The molecule has 0 aliphatic carbocycles. The van der Waals surface area contributed by atoms with Crippen molar-refractivity contribution in [3.8, 4) is 0 Å². The van der Waals surface area contributed by atoms with E-state index in [0.717, 1.165) is 19.4 Å². The van der Waals surface area contributed by atoms with Crippen LogP contribution in [0.5, 0.6) is 0 Å². The number of hydrogen-bond acceptors (Lipinski definition) is 3. The number of benzene rings is 1. The first-order valence-corrected chi connectivity index (χ1v) is 8.17. The number of aromatic nitrogens is 1. The van der Waals surface area contributed by atoms with E-state index in [1.165, 1.54) is 22.6 Å². The maximum Gasteiger partial charge on any atom is 0.123 e. The maximum atomic E-state index is 13.0. The van der Waals surface area contributed by atoms with E-state index in [0.29, 0.717) is 5.92 Å². The van der Waals surface area contributed by atoms with E-state index in [2.05, 4.69) is 31.1 Å². The van der Waals surface area contributed by atoms with Crippen LogP contribution >= 0.6 is 11.3 Å². The molecule has 0 saturated carbocycles. The van der Waals surface area contributed by atoms with Gasteiger partial charge in [-0.1, -0.05) is 12.1 Å². The smallest absolute Gasteiger partial charge is 0.123 e. The SMILES string of the molecule is CC(C)(C)NCC(Cc1ccc(F)cc1)Cc1cncs1. The molecule has 0 amide bonds. The lowest BCUT2D eigenvalue weighted by molar-refractivity contribution is 0.368. The Kier molecular flexibility index (Phi) is 5.48. The van der Waals surface area contributed by atoms with E-state index in [1.54, 1.807) is 11.3 Å². The second kappa shape index (κ2) is 7.14. The van der Waals surface area contributed by atoms with Crippen molar-refractivity contribution in [2.75, 3.05) is 6.54 Å². The van der Waals surface area contributed by atoms with Gasteiger partial charge in [0.05, 0.1) is 5.51 Å². The highest BCUT2D eigenvalue weighted by Gasteiger charge is 2.16. The molecule has 21 heavy (non-hydrogen) atoms. The minimum absolute atomic E-state index is 0.106. The molecule has 0 aliphatic heterocycles. The van der Waals surface area contributed by atoms with Crippen LogP contribution in [-0.2, 0) is 12.8 Å². The summed E-state index contributed by atoms with van der Waals surface area (Å²) in [4.78, 5) is 5.45. The predicted octanol–water partition coefficient (Wildman–Crippen LogP) is 4.07. The van der Waals surface area contributed by atoms with Gasteiger partial charge in [0.1, 0.15) is 5.82 Å². The van der Waals surface area contributed by atoms with Crippen molar-refractivity contribution >= 4 is 11.3 Å². The van der Waals surface area contributed by atoms with Crippen LogP contribution in [0.25, 0.3) is 0 Å². The second-order valence-corrected chi connectivity index (χ2v) is 7.47. The molecule has 2 aromatic rings. The number of nitrogens with one attached hydrogen (secondary N) is 1. The lowest BCUT2D eigenvalue weighted by Crippen LogP contribution is -2.40. The first kappa shape index (κ1) is 16.1. The molecule has 0 aliphatic rings. The van der Waals surface area contributed by atoms with Crippen LogP contribution < -0.4 is 5.32 Å². The molecule has 1 heterocycles. The maximum absolute atomic E-state index is 13.0. The quantitative estimate of drug-likeness (QED) is 0.870. The Morgan fingerprint density at radius 2 is 1.90 bits per heavy atom. The van der Waals surface area contributed by atoms with Gasteiger partial charge in [-0.15, -0.1) is 11.3 Å². The molecule has 1 unspecified atom stereocenters. The van der Waals surface area contributed by atoms with Gasteiger partial charge in [-0.2, -0.15) is 0 Å². The van der Waals surface area contributed by atoms with E-state index in [-0.39, 0.29) is 11.4 Å². The Morgan fingerprint density at radius 1 is 1.19 bits per heavy atom. The van der Waals surface area contributed by atoms with Crippen molar-refractivity contribution in [3.63, 3.8) is 0 Å². The normalized spacial score (nSPS) is 13.3. The minimum atomic E-state index is -0.175. The fourth-order valence-corrected chi connectivity index (χ4v) is 2.96. The molecule has 1 atom stereocenters. The highest BCUT2D eigenvalue weighted by atomic mass is 32.1. The molecule has 0 radical (unpaired) electrons. The van der Waals surface area contributed by atoms with Crippen LogP contribution in [0, 0.1) is 11.7 Å². The van der Waals surface area contributed by atoms with Crippen molar-refractivity contribution in [3.05, 3.63) is 52.2 Å². The number of thiazole rings is 1. The van der Waals surface area contributed by atoms with E-state index in [9.17, 15) is 4.39 Å². The van der Waals surface area contributed by atoms with Crippen LogP contribution in [0.4, 0.5) is 4.39 Å². The zero-order chi connectivity index (χ0) is 15.3. The molecule has 0 saturated heterocycles. The van der Waals surface area contributed by atoms with Gasteiger partial charge in [0.25, 0.3) is 0 Å². The lowest BCUT2D eigenvalue weighted by atomic mass is 9.94. The van der Waals surface area contributed by atoms with Crippen molar-refractivity contribution in [1.82, 2.24) is 10.3 Å². The Bertz CT molecular complexity index is 529. The number of nitrogens with zero attached hydrogens (tertiary/aromatic N) is 1. The third-order valence-electron chi connectivity index (χ3n) is 3.33. The fourth-order valence-electron chi connectivity index (χ4n) is 2.25. The van der Waals surface area contributed by atoms with E-state index in [1.807, 2.05) is 23.8 Å². The average molecular weight is 306 g/mol. The minimum Gasteiger partial charge on any atom is -0.312 e. The largest absolute Gasteiger partial charge is 0.312 e. The van der Waals surface area contributed by atoms with Gasteiger partial charge in [-0.3, -0.25) is 4.98 Å². The van der Waals surface area contributed by atoms with Gasteiger partial charge >= 0.3 is 0 Å². The first-order valence-electron chi connectivity index (χ1n) is 7.29. The topological polar surface area (TPSA) is 24.9 Å². The molecule has 2 rings (SSSR count). The first-order chi connectivity index (χ1) is 9.92. The van der Waals surface area contributed by atoms with Gasteiger partial charge in [0.2, 0.25) is 0 Å². The average Bonchev–Trinajstić information content (AvgIpc) is 2.91. The number of rotatable bonds is 6. The van der Waals surface area contributed by atoms with Gasteiger partial charge in [0, 0.05) is 16.6 Å². The summed E-state index contributed by atoms with van der Waals surface area (Å²) in [6.07, 6.45) is 3.89. The molecule has 1 aromatic carbocycles. The van der Waals surface area contributed by atoms with Crippen molar-refractivity contribution in [1.29, 1.82) is 0 Å². The summed E-state index contributed by atoms with van der Waals surface area (Å²) in [5.74, 6) is 0.306. The summed E-state index contributed by atoms with van der Waals surface area (Å²) < 4.78 is 13.0. The molecule has 2 nitrogen and oxygen atoms in total. The molecule has 0 bridgehead atoms. The molecule has 1 aromatic heterocycles. The van der Waals surface area contributed by atoms with Crippen LogP contribution in [-0.4, -0.2) is 17.1 Å². The number of halogens is 1. The van der Waals surface area contributed by atoms with E-state index in [4.69, 9.17) is 0 Å².